The molecule has 1 atom stereocenters. The van der Waals surface area contributed by atoms with Gasteiger partial charge in [-0.05, 0) is 67.4 Å². The predicted octanol–water partition coefficient (Wildman–Crippen LogP) is 4.54. The Hall–Kier alpha value is -4.73. The normalized spacial score (nSPS) is 14.8. The van der Waals surface area contributed by atoms with Crippen molar-refractivity contribution in [2.75, 3.05) is 23.4 Å². The number of nitro benzene ring substituents is 1. The number of nitro groups is 1. The summed E-state index contributed by atoms with van der Waals surface area (Å²) in [6.07, 6.45) is -0.0355. The molecule has 2 amide bonds. The first-order valence-corrected chi connectivity index (χ1v) is 11.6. The van der Waals surface area contributed by atoms with Crippen molar-refractivity contribution < 1.29 is 28.8 Å². The van der Waals surface area contributed by atoms with E-state index in [2.05, 4.69) is 5.32 Å². The Morgan fingerprint density at radius 1 is 1.03 bits per heavy atom. The van der Waals surface area contributed by atoms with Crippen LogP contribution >= 0.6 is 0 Å². The topological polar surface area (TPSA) is 128 Å². The number of esters is 1. The second-order valence-corrected chi connectivity index (χ2v) is 8.71. The summed E-state index contributed by atoms with van der Waals surface area (Å²) in [5.41, 5.74) is 2.95. The number of carbonyl (C=O) groups is 3. The van der Waals surface area contributed by atoms with Crippen LogP contribution in [0, 0.1) is 29.9 Å². The van der Waals surface area contributed by atoms with Gasteiger partial charge < -0.3 is 19.7 Å². The molecule has 1 saturated heterocycles. The Bertz CT molecular complexity index is 1350. The number of non-ortho nitro benzene ring substituents is 1. The molecule has 4 rings (SSSR count). The molecule has 1 heterocycles. The van der Waals surface area contributed by atoms with Crippen LogP contribution in [0.2, 0.25) is 0 Å². The first-order valence-electron chi connectivity index (χ1n) is 11.6. The molecule has 0 aliphatic carbocycles. The SMILES string of the molecule is Cc1ccc(Oc2ccc(N3C[C@@H](C(=O)OCC(=O)Nc4cccc([N+](=O)[O-])c4)CC3=O)cc2)cc1C. The van der Waals surface area contributed by atoms with Crippen molar-refractivity contribution in [2.24, 2.45) is 5.92 Å². The summed E-state index contributed by atoms with van der Waals surface area (Å²) in [6, 6.07) is 18.2. The number of benzene rings is 3. The highest BCUT2D eigenvalue weighted by molar-refractivity contribution is 6.00. The third kappa shape index (κ3) is 6.29. The van der Waals surface area contributed by atoms with Gasteiger partial charge in [0.25, 0.3) is 11.6 Å². The highest BCUT2D eigenvalue weighted by Crippen LogP contribution is 2.30. The van der Waals surface area contributed by atoms with Gasteiger partial charge in [0, 0.05) is 36.5 Å². The summed E-state index contributed by atoms with van der Waals surface area (Å²) in [5.74, 6) is -0.931. The van der Waals surface area contributed by atoms with E-state index < -0.39 is 29.3 Å². The molecule has 0 radical (unpaired) electrons. The predicted molar refractivity (Wildman–Crippen MR) is 136 cm³/mol. The third-order valence-corrected chi connectivity index (χ3v) is 6.01. The lowest BCUT2D eigenvalue weighted by Gasteiger charge is -2.17. The van der Waals surface area contributed by atoms with E-state index in [0.717, 1.165) is 5.56 Å². The van der Waals surface area contributed by atoms with Crippen LogP contribution in [0.25, 0.3) is 0 Å². The van der Waals surface area contributed by atoms with Gasteiger partial charge in [-0.15, -0.1) is 0 Å². The van der Waals surface area contributed by atoms with Crippen molar-refractivity contribution in [1.82, 2.24) is 0 Å². The fraction of sp³-hybridized carbons (Fsp3) is 0.222. The second kappa shape index (κ2) is 10.9. The van der Waals surface area contributed by atoms with E-state index in [9.17, 15) is 24.5 Å². The number of hydrogen-bond donors (Lipinski definition) is 1. The molecule has 3 aromatic rings. The van der Waals surface area contributed by atoms with Crippen LogP contribution < -0.4 is 15.0 Å². The van der Waals surface area contributed by atoms with Gasteiger partial charge in [0.15, 0.2) is 6.61 Å². The Morgan fingerprint density at radius 3 is 2.46 bits per heavy atom. The van der Waals surface area contributed by atoms with E-state index in [0.29, 0.717) is 17.2 Å². The molecule has 37 heavy (non-hydrogen) atoms. The zero-order valence-electron chi connectivity index (χ0n) is 20.3. The number of rotatable bonds is 8. The largest absolute Gasteiger partial charge is 0.457 e. The standard InChI is InChI=1S/C27H25N3O7/c1-17-6-9-24(12-18(17)2)37-23-10-7-21(8-11-23)29-15-19(13-26(29)32)27(33)36-16-25(31)28-20-4-3-5-22(14-20)30(34)35/h3-12,14,19H,13,15-16H2,1-2H3,(H,28,31)/t19-/m0/s1. The van der Waals surface area contributed by atoms with Gasteiger partial charge in [-0.2, -0.15) is 0 Å². The lowest BCUT2D eigenvalue weighted by Crippen LogP contribution is -2.28. The van der Waals surface area contributed by atoms with Gasteiger partial charge in [-0.1, -0.05) is 12.1 Å². The van der Waals surface area contributed by atoms with Crippen LogP contribution in [0.5, 0.6) is 11.5 Å². The lowest BCUT2D eigenvalue weighted by atomic mass is 10.1. The average Bonchev–Trinajstić information content (AvgIpc) is 3.27. The highest BCUT2D eigenvalue weighted by atomic mass is 16.6. The zero-order valence-corrected chi connectivity index (χ0v) is 20.3. The summed E-state index contributed by atoms with van der Waals surface area (Å²) in [7, 11) is 0. The monoisotopic (exact) mass is 503 g/mol. The molecule has 1 fully saturated rings. The molecule has 0 saturated carbocycles. The highest BCUT2D eigenvalue weighted by Gasteiger charge is 2.36. The van der Waals surface area contributed by atoms with Crippen molar-refractivity contribution in [3.05, 3.63) is 88.0 Å². The first kappa shape index (κ1) is 25.4. The van der Waals surface area contributed by atoms with Crippen molar-refractivity contribution in [3.63, 3.8) is 0 Å². The van der Waals surface area contributed by atoms with Crippen molar-refractivity contribution >= 4 is 34.8 Å². The van der Waals surface area contributed by atoms with Crippen LogP contribution in [-0.2, 0) is 19.1 Å². The fourth-order valence-electron chi connectivity index (χ4n) is 3.87. The molecule has 1 aliphatic rings. The average molecular weight is 504 g/mol. The number of aryl methyl sites for hydroxylation is 2. The van der Waals surface area contributed by atoms with Gasteiger partial charge in [0.2, 0.25) is 5.91 Å². The molecule has 0 bridgehead atoms. The Kier molecular flexibility index (Phi) is 7.47. The maximum absolute atomic E-state index is 12.6. The number of hydrogen-bond acceptors (Lipinski definition) is 7. The molecule has 1 N–H and O–H groups in total. The third-order valence-electron chi connectivity index (χ3n) is 6.01. The molecule has 190 valence electrons. The van der Waals surface area contributed by atoms with Gasteiger partial charge in [-0.3, -0.25) is 24.5 Å². The molecule has 10 heteroatoms. The molecule has 0 spiro atoms. The van der Waals surface area contributed by atoms with Gasteiger partial charge in [-0.25, -0.2) is 0 Å². The summed E-state index contributed by atoms with van der Waals surface area (Å²) in [5, 5.41) is 13.3. The fourth-order valence-corrected chi connectivity index (χ4v) is 3.87. The quantitative estimate of drug-likeness (QED) is 0.271. The van der Waals surface area contributed by atoms with Gasteiger partial charge in [0.05, 0.1) is 10.8 Å². The van der Waals surface area contributed by atoms with E-state index >= 15 is 0 Å². The summed E-state index contributed by atoms with van der Waals surface area (Å²) in [6.45, 7) is 3.59. The van der Waals surface area contributed by atoms with Crippen molar-refractivity contribution in [1.29, 1.82) is 0 Å². The summed E-state index contributed by atoms with van der Waals surface area (Å²) in [4.78, 5) is 48.9. The molecule has 10 nitrogen and oxygen atoms in total. The van der Waals surface area contributed by atoms with Crippen LogP contribution in [0.1, 0.15) is 17.5 Å². The van der Waals surface area contributed by atoms with E-state index in [4.69, 9.17) is 9.47 Å². The molecular weight excluding hydrogens is 478 g/mol. The summed E-state index contributed by atoms with van der Waals surface area (Å²) >= 11 is 0. The van der Waals surface area contributed by atoms with Crippen molar-refractivity contribution in [3.8, 4) is 11.5 Å². The maximum atomic E-state index is 12.6. The van der Waals surface area contributed by atoms with Gasteiger partial charge >= 0.3 is 5.97 Å². The number of nitrogens with zero attached hydrogens (tertiary/aromatic N) is 2. The minimum absolute atomic E-state index is 0.0355. The number of ether oxygens (including phenoxy) is 2. The number of nitrogens with one attached hydrogen (secondary N) is 1. The van der Waals surface area contributed by atoms with Crippen LogP contribution in [0.4, 0.5) is 17.1 Å². The van der Waals surface area contributed by atoms with Crippen molar-refractivity contribution in [2.45, 2.75) is 20.3 Å². The van der Waals surface area contributed by atoms with E-state index in [1.165, 1.54) is 34.7 Å². The lowest BCUT2D eigenvalue weighted by molar-refractivity contribution is -0.384. The van der Waals surface area contributed by atoms with E-state index in [-0.39, 0.29) is 30.2 Å². The van der Waals surface area contributed by atoms with Crippen LogP contribution in [0.3, 0.4) is 0 Å². The van der Waals surface area contributed by atoms with Gasteiger partial charge in [0.1, 0.15) is 11.5 Å². The minimum Gasteiger partial charge on any atom is -0.457 e. The second-order valence-electron chi connectivity index (χ2n) is 8.71. The first-order chi connectivity index (χ1) is 17.7. The Balaban J connectivity index is 1.29. The Labute approximate surface area is 212 Å². The molecule has 1 aliphatic heterocycles. The van der Waals surface area contributed by atoms with E-state index in [1.54, 1.807) is 24.3 Å². The van der Waals surface area contributed by atoms with Crippen LogP contribution in [-0.4, -0.2) is 35.9 Å². The Morgan fingerprint density at radius 2 is 1.76 bits per heavy atom. The molecule has 0 aromatic heterocycles. The number of carbonyl (C=O) groups excluding carboxylic acids is 3. The molecule has 3 aromatic carbocycles. The number of amides is 2. The maximum Gasteiger partial charge on any atom is 0.311 e. The number of anilines is 2. The molecule has 0 unspecified atom stereocenters. The smallest absolute Gasteiger partial charge is 0.311 e. The van der Waals surface area contributed by atoms with Crippen LogP contribution in [0.15, 0.2) is 66.7 Å². The molecular formula is C27H25N3O7. The van der Waals surface area contributed by atoms with E-state index in [1.807, 2.05) is 32.0 Å². The zero-order chi connectivity index (χ0) is 26.5. The minimum atomic E-state index is -0.718. The summed E-state index contributed by atoms with van der Waals surface area (Å²) < 4.78 is 11.0.